The quantitative estimate of drug-likeness (QED) is 0.607. The Balaban J connectivity index is 1.28. The third kappa shape index (κ3) is 5.11. The number of benzene rings is 1. The van der Waals surface area contributed by atoms with Crippen LogP contribution in [0.1, 0.15) is 11.3 Å². The molecule has 1 aliphatic heterocycles. The number of nitrogens with zero attached hydrogens (tertiary/aromatic N) is 4. The van der Waals surface area contributed by atoms with Crippen molar-refractivity contribution in [3.05, 3.63) is 66.1 Å². The molecule has 3 aromatic rings. The molecule has 4 rings (SSSR count). The number of pyridine rings is 1. The van der Waals surface area contributed by atoms with Gasteiger partial charge in [0, 0.05) is 51.5 Å². The molecule has 1 aromatic carbocycles. The molecule has 2 amide bonds. The van der Waals surface area contributed by atoms with E-state index in [0.717, 1.165) is 35.6 Å². The maximum absolute atomic E-state index is 12.7. The second-order valence-corrected chi connectivity index (χ2v) is 9.53. The molecule has 0 saturated carbocycles. The van der Waals surface area contributed by atoms with Crippen LogP contribution in [0.25, 0.3) is 5.65 Å². The van der Waals surface area contributed by atoms with Crippen molar-refractivity contribution >= 4 is 21.7 Å². The van der Waals surface area contributed by atoms with Crippen LogP contribution in [0.15, 0.2) is 59.8 Å². The number of alkyl halides is 3. The standard InChI is InChI=1S/C21H22F3N5O3S/c22-21(23,24)16-4-6-18(7-5-16)33(31,32)29-13-11-27(12-14-29)20(30)25-9-8-17-15-28-10-2-1-3-19(28)26-17/h1-7,10,15H,8-9,11-14H2,(H,25,30). The summed E-state index contributed by atoms with van der Waals surface area (Å²) in [6.07, 6.45) is -0.197. The largest absolute Gasteiger partial charge is 0.416 e. The van der Waals surface area contributed by atoms with Gasteiger partial charge in [0.25, 0.3) is 0 Å². The predicted octanol–water partition coefficient (Wildman–Crippen LogP) is 2.61. The van der Waals surface area contributed by atoms with Gasteiger partial charge in [-0.3, -0.25) is 0 Å². The molecule has 1 saturated heterocycles. The summed E-state index contributed by atoms with van der Waals surface area (Å²) in [5.74, 6) is 0. The Kier molecular flexibility index (Phi) is 6.30. The van der Waals surface area contributed by atoms with Crippen LogP contribution in [0, 0.1) is 0 Å². The first-order valence-electron chi connectivity index (χ1n) is 10.3. The van der Waals surface area contributed by atoms with Crippen LogP contribution in [0.4, 0.5) is 18.0 Å². The first-order valence-corrected chi connectivity index (χ1v) is 11.7. The van der Waals surface area contributed by atoms with Gasteiger partial charge in [0.05, 0.1) is 16.2 Å². The second-order valence-electron chi connectivity index (χ2n) is 7.59. The molecule has 3 heterocycles. The zero-order valence-electron chi connectivity index (χ0n) is 17.5. The highest BCUT2D eigenvalue weighted by Crippen LogP contribution is 2.30. The summed E-state index contributed by atoms with van der Waals surface area (Å²) in [6.45, 7) is 0.860. The van der Waals surface area contributed by atoms with Crippen molar-refractivity contribution in [2.75, 3.05) is 32.7 Å². The number of piperazine rings is 1. The molecule has 1 aliphatic rings. The van der Waals surface area contributed by atoms with E-state index in [-0.39, 0.29) is 37.1 Å². The third-order valence-corrected chi connectivity index (χ3v) is 7.33. The number of aromatic nitrogens is 2. The van der Waals surface area contributed by atoms with Gasteiger partial charge in [-0.25, -0.2) is 18.2 Å². The van der Waals surface area contributed by atoms with E-state index in [9.17, 15) is 26.4 Å². The van der Waals surface area contributed by atoms with Crippen LogP contribution < -0.4 is 5.32 Å². The van der Waals surface area contributed by atoms with Gasteiger partial charge in [0.2, 0.25) is 10.0 Å². The van der Waals surface area contributed by atoms with Gasteiger partial charge >= 0.3 is 12.2 Å². The van der Waals surface area contributed by atoms with E-state index < -0.39 is 21.8 Å². The lowest BCUT2D eigenvalue weighted by molar-refractivity contribution is -0.137. The SMILES string of the molecule is O=C(NCCc1cn2ccccc2n1)N1CCN(S(=O)(=O)c2ccc(C(F)(F)F)cc2)CC1. The van der Waals surface area contributed by atoms with E-state index in [4.69, 9.17) is 0 Å². The molecule has 0 aliphatic carbocycles. The van der Waals surface area contributed by atoms with Crippen molar-refractivity contribution in [1.29, 1.82) is 0 Å². The Morgan fingerprint density at radius 1 is 1.03 bits per heavy atom. The summed E-state index contributed by atoms with van der Waals surface area (Å²) in [5, 5.41) is 2.81. The summed E-state index contributed by atoms with van der Waals surface area (Å²) in [5.41, 5.74) is 0.754. The maximum atomic E-state index is 12.7. The molecule has 0 atom stereocenters. The number of carbonyl (C=O) groups excluding carboxylic acids is 1. The number of imidazole rings is 1. The van der Waals surface area contributed by atoms with Gasteiger partial charge in [-0.2, -0.15) is 17.5 Å². The van der Waals surface area contributed by atoms with Gasteiger partial charge in [-0.05, 0) is 36.4 Å². The molecule has 0 spiro atoms. The van der Waals surface area contributed by atoms with Crippen LogP contribution in [-0.4, -0.2) is 65.8 Å². The van der Waals surface area contributed by atoms with Crippen molar-refractivity contribution < 1.29 is 26.4 Å². The molecule has 0 bridgehead atoms. The summed E-state index contributed by atoms with van der Waals surface area (Å²) >= 11 is 0. The Hall–Kier alpha value is -3.12. The van der Waals surface area contributed by atoms with Gasteiger partial charge in [0.1, 0.15) is 5.65 Å². The van der Waals surface area contributed by atoms with Crippen molar-refractivity contribution in [2.24, 2.45) is 0 Å². The molecule has 176 valence electrons. The molecule has 8 nitrogen and oxygen atoms in total. The number of urea groups is 1. The minimum absolute atomic E-state index is 0.0587. The van der Waals surface area contributed by atoms with Crippen LogP contribution in [-0.2, 0) is 22.6 Å². The summed E-state index contributed by atoms with van der Waals surface area (Å²) in [6, 6.07) is 8.79. The van der Waals surface area contributed by atoms with Crippen LogP contribution in [0.2, 0.25) is 0 Å². The smallest absolute Gasteiger partial charge is 0.338 e. The molecule has 0 unspecified atom stereocenters. The fourth-order valence-corrected chi connectivity index (χ4v) is 5.04. The zero-order chi connectivity index (χ0) is 23.6. The van der Waals surface area contributed by atoms with Gasteiger partial charge in [0.15, 0.2) is 0 Å². The summed E-state index contributed by atoms with van der Waals surface area (Å²) < 4.78 is 66.7. The molecule has 33 heavy (non-hydrogen) atoms. The fourth-order valence-electron chi connectivity index (χ4n) is 3.61. The van der Waals surface area contributed by atoms with Crippen LogP contribution >= 0.6 is 0 Å². The predicted molar refractivity (Wildman–Crippen MR) is 114 cm³/mol. The van der Waals surface area contributed by atoms with E-state index >= 15 is 0 Å². The lowest BCUT2D eigenvalue weighted by Gasteiger charge is -2.34. The Morgan fingerprint density at radius 3 is 2.36 bits per heavy atom. The Morgan fingerprint density at radius 2 is 1.73 bits per heavy atom. The number of hydrogen-bond acceptors (Lipinski definition) is 4. The number of sulfonamides is 1. The van der Waals surface area contributed by atoms with Gasteiger partial charge < -0.3 is 14.6 Å². The molecule has 0 radical (unpaired) electrons. The third-order valence-electron chi connectivity index (χ3n) is 5.42. The molecule has 1 N–H and O–H groups in total. The Labute approximate surface area is 188 Å². The molecule has 12 heteroatoms. The number of fused-ring (bicyclic) bond motifs is 1. The average Bonchev–Trinajstić information content (AvgIpc) is 3.21. The van der Waals surface area contributed by atoms with E-state index in [1.807, 2.05) is 35.0 Å². The minimum Gasteiger partial charge on any atom is -0.338 e. The maximum Gasteiger partial charge on any atom is 0.416 e. The monoisotopic (exact) mass is 481 g/mol. The molecule has 1 fully saturated rings. The summed E-state index contributed by atoms with van der Waals surface area (Å²) in [7, 11) is -3.94. The van der Waals surface area contributed by atoms with Crippen molar-refractivity contribution in [3.8, 4) is 0 Å². The normalized spacial score (nSPS) is 15.7. The first-order chi connectivity index (χ1) is 15.6. The lowest BCUT2D eigenvalue weighted by Crippen LogP contribution is -2.53. The molecule has 2 aromatic heterocycles. The van der Waals surface area contributed by atoms with E-state index in [2.05, 4.69) is 10.3 Å². The summed E-state index contributed by atoms with van der Waals surface area (Å²) in [4.78, 5) is 18.2. The first kappa shape index (κ1) is 23.1. The zero-order valence-corrected chi connectivity index (χ0v) is 18.3. The number of halogens is 3. The number of nitrogens with one attached hydrogen (secondary N) is 1. The van der Waals surface area contributed by atoms with Gasteiger partial charge in [-0.1, -0.05) is 6.07 Å². The Bertz CT molecular complexity index is 1200. The van der Waals surface area contributed by atoms with Crippen LogP contribution in [0.3, 0.4) is 0 Å². The minimum atomic E-state index is -4.54. The topological polar surface area (TPSA) is 87.0 Å². The van der Waals surface area contributed by atoms with E-state index in [0.29, 0.717) is 13.0 Å². The fraction of sp³-hybridized carbons (Fsp3) is 0.333. The number of carbonyl (C=O) groups is 1. The van der Waals surface area contributed by atoms with E-state index in [1.165, 1.54) is 9.21 Å². The van der Waals surface area contributed by atoms with E-state index in [1.54, 1.807) is 0 Å². The van der Waals surface area contributed by atoms with Crippen molar-refractivity contribution in [3.63, 3.8) is 0 Å². The second kappa shape index (κ2) is 9.02. The van der Waals surface area contributed by atoms with Crippen LogP contribution in [0.5, 0.6) is 0 Å². The van der Waals surface area contributed by atoms with Gasteiger partial charge in [-0.15, -0.1) is 0 Å². The molecular formula is C21H22F3N5O3S. The molecular weight excluding hydrogens is 459 g/mol. The highest BCUT2D eigenvalue weighted by atomic mass is 32.2. The van der Waals surface area contributed by atoms with Crippen molar-refractivity contribution in [2.45, 2.75) is 17.5 Å². The highest BCUT2D eigenvalue weighted by molar-refractivity contribution is 7.89. The lowest BCUT2D eigenvalue weighted by atomic mass is 10.2. The number of hydrogen-bond donors (Lipinski definition) is 1. The number of amides is 2. The highest BCUT2D eigenvalue weighted by Gasteiger charge is 2.33. The number of rotatable bonds is 5. The van der Waals surface area contributed by atoms with Crippen molar-refractivity contribution in [1.82, 2.24) is 23.9 Å². The average molecular weight is 482 g/mol.